The molecule has 1 aromatic carbocycles. The predicted octanol–water partition coefficient (Wildman–Crippen LogP) is 2.75. The van der Waals surface area contributed by atoms with Crippen LogP contribution in [-0.4, -0.2) is 23.4 Å². The standard InChI is InChI=1S/C15H22N2O.ClH/c1-3-8-14(16)15(18)17(11-4-2)12-13-9-6-5-7-10-13;/h4-7,9-10,14H,2-3,8,11-12,16H2,1H3;1H. The van der Waals surface area contributed by atoms with Crippen LogP contribution in [0, 0.1) is 0 Å². The summed E-state index contributed by atoms with van der Waals surface area (Å²) in [5, 5.41) is 0. The van der Waals surface area contributed by atoms with E-state index in [1.807, 2.05) is 37.3 Å². The van der Waals surface area contributed by atoms with E-state index in [2.05, 4.69) is 6.58 Å². The summed E-state index contributed by atoms with van der Waals surface area (Å²) >= 11 is 0. The van der Waals surface area contributed by atoms with Crippen molar-refractivity contribution in [2.75, 3.05) is 6.54 Å². The molecule has 1 rings (SSSR count). The maximum atomic E-state index is 12.2. The molecule has 0 bridgehead atoms. The van der Waals surface area contributed by atoms with Crippen molar-refractivity contribution in [2.45, 2.75) is 32.4 Å². The maximum absolute atomic E-state index is 12.2. The van der Waals surface area contributed by atoms with E-state index in [0.717, 1.165) is 18.4 Å². The SMILES string of the molecule is C=CCN(Cc1ccccc1)C(=O)C(N)CCC.Cl. The van der Waals surface area contributed by atoms with Crippen molar-refractivity contribution in [1.82, 2.24) is 4.90 Å². The second-order valence-corrected chi connectivity index (χ2v) is 4.39. The van der Waals surface area contributed by atoms with Gasteiger partial charge in [-0.15, -0.1) is 19.0 Å². The van der Waals surface area contributed by atoms with Crippen molar-refractivity contribution in [1.29, 1.82) is 0 Å². The third-order valence-corrected chi connectivity index (χ3v) is 2.79. The summed E-state index contributed by atoms with van der Waals surface area (Å²) in [6, 6.07) is 9.52. The van der Waals surface area contributed by atoms with E-state index in [0.29, 0.717) is 13.1 Å². The molecule has 4 heteroatoms. The number of halogens is 1. The summed E-state index contributed by atoms with van der Waals surface area (Å²) in [4.78, 5) is 13.9. The smallest absolute Gasteiger partial charge is 0.240 e. The van der Waals surface area contributed by atoms with Crippen molar-refractivity contribution in [2.24, 2.45) is 5.73 Å². The van der Waals surface area contributed by atoms with Gasteiger partial charge in [-0.25, -0.2) is 0 Å². The molecule has 0 saturated carbocycles. The Morgan fingerprint density at radius 2 is 2.05 bits per heavy atom. The highest BCUT2D eigenvalue weighted by atomic mass is 35.5. The summed E-state index contributed by atoms with van der Waals surface area (Å²) in [7, 11) is 0. The molecule has 0 fully saturated rings. The van der Waals surface area contributed by atoms with Crippen LogP contribution in [0.1, 0.15) is 25.3 Å². The molecule has 106 valence electrons. The van der Waals surface area contributed by atoms with E-state index in [1.54, 1.807) is 11.0 Å². The monoisotopic (exact) mass is 282 g/mol. The van der Waals surface area contributed by atoms with Crippen LogP contribution in [0.4, 0.5) is 0 Å². The lowest BCUT2D eigenvalue weighted by atomic mass is 10.1. The summed E-state index contributed by atoms with van der Waals surface area (Å²) in [6.07, 6.45) is 3.38. The molecule has 3 nitrogen and oxygen atoms in total. The number of carbonyl (C=O) groups excluding carboxylic acids is 1. The van der Waals surface area contributed by atoms with E-state index in [-0.39, 0.29) is 18.3 Å². The van der Waals surface area contributed by atoms with Gasteiger partial charge in [-0.1, -0.05) is 49.8 Å². The van der Waals surface area contributed by atoms with Crippen LogP contribution < -0.4 is 5.73 Å². The first kappa shape index (κ1) is 17.7. The van der Waals surface area contributed by atoms with Crippen LogP contribution in [0.3, 0.4) is 0 Å². The Hall–Kier alpha value is -1.32. The van der Waals surface area contributed by atoms with Crippen molar-refractivity contribution in [3.8, 4) is 0 Å². The first-order chi connectivity index (χ1) is 8.69. The van der Waals surface area contributed by atoms with Crippen LogP contribution in [0.25, 0.3) is 0 Å². The molecular weight excluding hydrogens is 260 g/mol. The second kappa shape index (κ2) is 9.59. The zero-order valence-electron chi connectivity index (χ0n) is 11.4. The molecule has 1 unspecified atom stereocenters. The molecule has 0 aromatic heterocycles. The zero-order valence-corrected chi connectivity index (χ0v) is 12.2. The van der Waals surface area contributed by atoms with E-state index < -0.39 is 6.04 Å². The van der Waals surface area contributed by atoms with Gasteiger partial charge in [0.15, 0.2) is 0 Å². The second-order valence-electron chi connectivity index (χ2n) is 4.39. The van der Waals surface area contributed by atoms with Gasteiger partial charge >= 0.3 is 0 Å². The fourth-order valence-electron chi connectivity index (χ4n) is 1.86. The van der Waals surface area contributed by atoms with Gasteiger partial charge in [-0.3, -0.25) is 4.79 Å². The number of rotatable bonds is 7. The molecule has 19 heavy (non-hydrogen) atoms. The maximum Gasteiger partial charge on any atom is 0.240 e. The molecule has 0 aliphatic rings. The van der Waals surface area contributed by atoms with Gasteiger partial charge in [-0.05, 0) is 12.0 Å². The summed E-state index contributed by atoms with van der Waals surface area (Å²) in [5.74, 6) is 0.000558. The van der Waals surface area contributed by atoms with Gasteiger partial charge in [0, 0.05) is 13.1 Å². The summed E-state index contributed by atoms with van der Waals surface area (Å²) < 4.78 is 0. The lowest BCUT2D eigenvalue weighted by molar-refractivity contribution is -0.132. The van der Waals surface area contributed by atoms with E-state index >= 15 is 0 Å². The topological polar surface area (TPSA) is 46.3 Å². The van der Waals surface area contributed by atoms with Crippen molar-refractivity contribution in [3.63, 3.8) is 0 Å². The third-order valence-electron chi connectivity index (χ3n) is 2.79. The molecule has 0 radical (unpaired) electrons. The number of nitrogens with two attached hydrogens (primary N) is 1. The quantitative estimate of drug-likeness (QED) is 0.782. The van der Waals surface area contributed by atoms with Gasteiger partial charge in [0.1, 0.15) is 0 Å². The first-order valence-electron chi connectivity index (χ1n) is 6.38. The molecule has 0 aliphatic heterocycles. The highest BCUT2D eigenvalue weighted by molar-refractivity contribution is 5.85. The molecule has 1 aromatic rings. The molecule has 0 heterocycles. The van der Waals surface area contributed by atoms with Crippen LogP contribution in [0.5, 0.6) is 0 Å². The van der Waals surface area contributed by atoms with Crippen molar-refractivity contribution in [3.05, 3.63) is 48.6 Å². The first-order valence-corrected chi connectivity index (χ1v) is 6.38. The van der Waals surface area contributed by atoms with Gasteiger partial charge in [0.05, 0.1) is 6.04 Å². The van der Waals surface area contributed by atoms with Crippen molar-refractivity contribution < 1.29 is 4.79 Å². The fourth-order valence-corrected chi connectivity index (χ4v) is 1.86. The van der Waals surface area contributed by atoms with Crippen LogP contribution in [-0.2, 0) is 11.3 Å². The fraction of sp³-hybridized carbons (Fsp3) is 0.400. The Morgan fingerprint density at radius 3 is 2.58 bits per heavy atom. The number of nitrogens with zero attached hydrogens (tertiary/aromatic N) is 1. The van der Waals surface area contributed by atoms with Gasteiger partial charge in [-0.2, -0.15) is 0 Å². The molecule has 0 spiro atoms. The number of hydrogen-bond donors (Lipinski definition) is 1. The minimum absolute atomic E-state index is 0. The normalized spacial score (nSPS) is 11.3. The Labute approximate surface area is 121 Å². The summed E-state index contributed by atoms with van der Waals surface area (Å²) in [5.41, 5.74) is 6.99. The Kier molecular flexibility index (Phi) is 8.92. The molecule has 1 atom stereocenters. The number of carbonyl (C=O) groups is 1. The van der Waals surface area contributed by atoms with Crippen molar-refractivity contribution >= 4 is 18.3 Å². The third kappa shape index (κ3) is 5.90. The molecule has 0 saturated heterocycles. The average molecular weight is 283 g/mol. The zero-order chi connectivity index (χ0) is 13.4. The van der Waals surface area contributed by atoms with E-state index in [4.69, 9.17) is 5.73 Å². The lowest BCUT2D eigenvalue weighted by Crippen LogP contribution is -2.43. The van der Waals surface area contributed by atoms with Gasteiger partial charge in [0.2, 0.25) is 5.91 Å². The van der Waals surface area contributed by atoms with Crippen LogP contribution in [0.15, 0.2) is 43.0 Å². The van der Waals surface area contributed by atoms with Crippen LogP contribution in [0.2, 0.25) is 0 Å². The minimum Gasteiger partial charge on any atom is -0.333 e. The van der Waals surface area contributed by atoms with E-state index in [1.165, 1.54) is 0 Å². The number of hydrogen-bond acceptors (Lipinski definition) is 2. The highest BCUT2D eigenvalue weighted by Crippen LogP contribution is 2.07. The Morgan fingerprint density at radius 1 is 1.42 bits per heavy atom. The van der Waals surface area contributed by atoms with E-state index in [9.17, 15) is 4.79 Å². The largest absolute Gasteiger partial charge is 0.333 e. The Balaban J connectivity index is 0.00000324. The minimum atomic E-state index is -0.404. The molecule has 0 aliphatic carbocycles. The Bertz CT molecular complexity index is 381. The number of amides is 1. The predicted molar refractivity (Wildman–Crippen MR) is 82.2 cm³/mol. The van der Waals surface area contributed by atoms with Crippen LogP contribution >= 0.6 is 12.4 Å². The highest BCUT2D eigenvalue weighted by Gasteiger charge is 2.19. The number of benzene rings is 1. The van der Waals surface area contributed by atoms with Gasteiger partial charge < -0.3 is 10.6 Å². The van der Waals surface area contributed by atoms with Gasteiger partial charge in [0.25, 0.3) is 0 Å². The molecular formula is C15H23ClN2O. The molecule has 1 amide bonds. The molecule has 2 N–H and O–H groups in total. The lowest BCUT2D eigenvalue weighted by Gasteiger charge is -2.24. The average Bonchev–Trinajstić information content (AvgIpc) is 2.39. The summed E-state index contributed by atoms with van der Waals surface area (Å²) in [6.45, 7) is 6.84.